The van der Waals surface area contributed by atoms with E-state index in [4.69, 9.17) is 0 Å². The topological polar surface area (TPSA) is 66.6 Å². The smallest absolute Gasteiger partial charge is 0.234 e. The number of fused-ring (bicyclic) bond motifs is 1. The first kappa shape index (κ1) is 19.0. The predicted octanol–water partition coefficient (Wildman–Crippen LogP) is 2.60. The number of aromatic nitrogens is 3. The van der Waals surface area contributed by atoms with Gasteiger partial charge in [0.25, 0.3) is 0 Å². The molecule has 0 unspecified atom stereocenters. The minimum absolute atomic E-state index is 0.141. The van der Waals surface area contributed by atoms with E-state index in [0.717, 1.165) is 29.9 Å². The van der Waals surface area contributed by atoms with E-state index < -0.39 is 0 Å². The molecule has 1 aromatic heterocycles. The number of carbonyl (C=O) groups is 1. The molecule has 31 heavy (non-hydrogen) atoms. The van der Waals surface area contributed by atoms with Crippen molar-refractivity contribution in [3.8, 4) is 0 Å². The highest BCUT2D eigenvalue weighted by molar-refractivity contribution is 5.87. The Balaban J connectivity index is 1.32. The summed E-state index contributed by atoms with van der Waals surface area (Å²) < 4.78 is 1.59. The fraction of sp³-hybridized carbons (Fsp3) is 0.208. The third kappa shape index (κ3) is 3.91. The number of hydrogen-bond donors (Lipinski definition) is 0. The average Bonchev–Trinajstić information content (AvgIpc) is 3.19. The van der Waals surface area contributed by atoms with Crippen molar-refractivity contribution in [2.24, 2.45) is 5.10 Å². The van der Waals surface area contributed by atoms with Crippen LogP contribution in [-0.2, 0) is 4.79 Å². The maximum Gasteiger partial charge on any atom is 0.234 e. The molecule has 0 N–H and O–H groups in total. The van der Waals surface area contributed by atoms with Crippen LogP contribution in [0, 0.1) is 0 Å². The minimum Gasteiger partial charge on any atom is -0.360 e. The van der Waals surface area contributed by atoms with Crippen molar-refractivity contribution in [1.29, 1.82) is 0 Å². The lowest BCUT2D eigenvalue weighted by Gasteiger charge is -2.37. The Morgan fingerprint density at radius 3 is 2.16 bits per heavy atom. The summed E-state index contributed by atoms with van der Waals surface area (Å²) in [6, 6.07) is 20.0. The molecule has 3 aromatic rings. The van der Waals surface area contributed by atoms with Crippen molar-refractivity contribution >= 4 is 17.9 Å². The Hall–Kier alpha value is -3.96. The van der Waals surface area contributed by atoms with Crippen LogP contribution in [0.4, 0.5) is 0 Å². The Bertz CT molecular complexity index is 1110. The molecule has 7 nitrogen and oxygen atoms in total. The largest absolute Gasteiger partial charge is 0.360 e. The van der Waals surface area contributed by atoms with Crippen LogP contribution in [0.2, 0.25) is 0 Å². The quantitative estimate of drug-likeness (QED) is 0.663. The first-order chi connectivity index (χ1) is 15.3. The summed E-state index contributed by atoms with van der Waals surface area (Å²) in [5.74, 6) is 3.59. The van der Waals surface area contributed by atoms with E-state index in [-0.39, 0.29) is 11.8 Å². The highest BCUT2D eigenvalue weighted by Gasteiger charge is 2.30. The van der Waals surface area contributed by atoms with Gasteiger partial charge in [-0.25, -0.2) is 0 Å². The monoisotopic (exact) mass is 410 g/mol. The van der Waals surface area contributed by atoms with Crippen molar-refractivity contribution < 1.29 is 4.79 Å². The van der Waals surface area contributed by atoms with Crippen molar-refractivity contribution in [1.82, 2.24) is 24.7 Å². The fourth-order valence-corrected chi connectivity index (χ4v) is 4.02. The Morgan fingerprint density at radius 2 is 1.52 bits per heavy atom. The number of amides is 1. The molecule has 0 bridgehead atoms. The molecule has 0 spiro atoms. The van der Waals surface area contributed by atoms with Crippen LogP contribution in [0.25, 0.3) is 6.08 Å². The number of allylic oxidation sites excluding steroid dienone is 1. The number of rotatable bonds is 4. The van der Waals surface area contributed by atoms with Gasteiger partial charge in [-0.3, -0.25) is 4.79 Å². The van der Waals surface area contributed by atoms with Gasteiger partial charge in [-0.15, -0.1) is 15.3 Å². The lowest BCUT2D eigenvalue weighted by molar-refractivity contribution is -0.133. The summed E-state index contributed by atoms with van der Waals surface area (Å²) in [7, 11) is 0. The van der Waals surface area contributed by atoms with Gasteiger partial charge in [0.05, 0.1) is 5.92 Å². The van der Waals surface area contributed by atoms with Gasteiger partial charge >= 0.3 is 0 Å². The molecule has 0 radical (unpaired) electrons. The van der Waals surface area contributed by atoms with Gasteiger partial charge in [-0.1, -0.05) is 60.7 Å². The van der Waals surface area contributed by atoms with Gasteiger partial charge < -0.3 is 9.80 Å². The molecule has 2 aliphatic heterocycles. The molecule has 7 heteroatoms. The zero-order valence-electron chi connectivity index (χ0n) is 17.0. The van der Waals surface area contributed by atoms with E-state index in [9.17, 15) is 4.79 Å². The van der Waals surface area contributed by atoms with Crippen molar-refractivity contribution in [2.45, 2.75) is 5.92 Å². The molecule has 2 aliphatic rings. The maximum atomic E-state index is 13.6. The molecular weight excluding hydrogens is 388 g/mol. The number of carbonyl (C=O) groups excluding carboxylic acids is 1. The first-order valence-corrected chi connectivity index (χ1v) is 10.4. The summed E-state index contributed by atoms with van der Waals surface area (Å²) in [6.45, 7) is 2.76. The SMILES string of the molecule is O=C(C(c1ccccc1)c1ccccc1)N1CCN(C2=C=Nn3cnnc3C=C2)CC1. The van der Waals surface area contributed by atoms with Crippen molar-refractivity contribution in [3.63, 3.8) is 0 Å². The van der Waals surface area contributed by atoms with E-state index >= 15 is 0 Å². The molecule has 0 atom stereocenters. The third-order valence-electron chi connectivity index (χ3n) is 5.66. The second-order valence-electron chi connectivity index (χ2n) is 7.53. The molecule has 5 rings (SSSR count). The Labute approximate surface area is 180 Å². The Morgan fingerprint density at radius 1 is 0.871 bits per heavy atom. The molecular formula is C24H22N6O. The summed E-state index contributed by atoms with van der Waals surface area (Å²) in [5, 5.41) is 12.1. The van der Waals surface area contributed by atoms with Crippen LogP contribution >= 0.6 is 0 Å². The molecule has 1 fully saturated rings. The minimum atomic E-state index is -0.294. The molecule has 1 saturated heterocycles. The standard InChI is InChI=1S/C24H22N6O/c31-24(23(19-7-3-1-4-8-19)20-9-5-2-6-10-20)29-15-13-28(14-16-29)21-11-12-22-27-25-18-30(22)26-17-21/h1-12,18,23H,13-16H2. The first-order valence-electron chi connectivity index (χ1n) is 10.4. The van der Waals surface area contributed by atoms with Crippen LogP contribution in [0.3, 0.4) is 0 Å². The maximum absolute atomic E-state index is 13.6. The number of piperazine rings is 1. The van der Waals surface area contributed by atoms with Crippen LogP contribution in [-0.4, -0.2) is 62.6 Å². The van der Waals surface area contributed by atoms with Crippen LogP contribution in [0.5, 0.6) is 0 Å². The number of benzene rings is 2. The van der Waals surface area contributed by atoms with Crippen LogP contribution in [0.15, 0.2) is 83.9 Å². The van der Waals surface area contributed by atoms with Crippen LogP contribution < -0.4 is 0 Å². The van der Waals surface area contributed by atoms with Gasteiger partial charge in [0.1, 0.15) is 12.0 Å². The second-order valence-corrected chi connectivity index (χ2v) is 7.53. The molecule has 3 heterocycles. The Kier molecular flexibility index (Phi) is 5.17. The zero-order valence-corrected chi connectivity index (χ0v) is 17.0. The normalized spacial score (nSPS) is 15.6. The van der Waals surface area contributed by atoms with E-state index in [0.29, 0.717) is 18.9 Å². The van der Waals surface area contributed by atoms with Gasteiger partial charge in [0.2, 0.25) is 5.91 Å². The molecule has 1 amide bonds. The lowest BCUT2D eigenvalue weighted by Crippen LogP contribution is -2.49. The average molecular weight is 410 g/mol. The number of nitrogens with zero attached hydrogens (tertiary/aromatic N) is 6. The van der Waals surface area contributed by atoms with E-state index in [2.05, 4.69) is 26.1 Å². The second kappa shape index (κ2) is 8.42. The predicted molar refractivity (Wildman–Crippen MR) is 118 cm³/mol. The van der Waals surface area contributed by atoms with Crippen molar-refractivity contribution in [2.75, 3.05) is 26.2 Å². The van der Waals surface area contributed by atoms with E-state index in [1.54, 1.807) is 11.0 Å². The van der Waals surface area contributed by atoms with Crippen molar-refractivity contribution in [3.05, 3.63) is 95.7 Å². The molecule has 0 aliphatic carbocycles. The summed E-state index contributed by atoms with van der Waals surface area (Å²) in [6.07, 6.45) is 5.38. The lowest BCUT2D eigenvalue weighted by atomic mass is 9.90. The van der Waals surface area contributed by atoms with E-state index in [1.807, 2.05) is 77.7 Å². The highest BCUT2D eigenvalue weighted by Crippen LogP contribution is 2.27. The molecule has 154 valence electrons. The van der Waals surface area contributed by atoms with Gasteiger partial charge in [-0.05, 0) is 23.3 Å². The molecule has 0 saturated carbocycles. The zero-order chi connectivity index (χ0) is 21.0. The summed E-state index contributed by atoms with van der Waals surface area (Å²) in [5.41, 5.74) is 2.93. The van der Waals surface area contributed by atoms with Gasteiger partial charge in [0.15, 0.2) is 5.82 Å². The fourth-order valence-electron chi connectivity index (χ4n) is 4.02. The highest BCUT2D eigenvalue weighted by atomic mass is 16.2. The third-order valence-corrected chi connectivity index (χ3v) is 5.66. The van der Waals surface area contributed by atoms with Crippen LogP contribution in [0.1, 0.15) is 22.9 Å². The summed E-state index contributed by atoms with van der Waals surface area (Å²) in [4.78, 5) is 17.7. The van der Waals surface area contributed by atoms with E-state index in [1.165, 1.54) is 0 Å². The number of hydrogen-bond acceptors (Lipinski definition) is 5. The van der Waals surface area contributed by atoms with Gasteiger partial charge in [-0.2, -0.15) is 4.68 Å². The van der Waals surface area contributed by atoms with Gasteiger partial charge in [0, 0.05) is 32.0 Å². The molecule has 2 aromatic carbocycles. The summed E-state index contributed by atoms with van der Waals surface area (Å²) >= 11 is 0.